The number of aliphatic hydroxyl groups excluding tert-OH is 1. The van der Waals surface area contributed by atoms with Crippen LogP contribution in [0, 0.1) is 17.8 Å². The Balaban J connectivity index is 1.33. The van der Waals surface area contributed by atoms with Crippen LogP contribution in [0.1, 0.15) is 87.9 Å². The van der Waals surface area contributed by atoms with E-state index < -0.39 is 65.7 Å². The summed E-state index contributed by atoms with van der Waals surface area (Å²) in [6, 6.07) is 17.3. The summed E-state index contributed by atoms with van der Waals surface area (Å²) in [7, 11) is 0. The maximum atomic E-state index is 13.5. The number of nitrogens with zero attached hydrogens (tertiary/aromatic N) is 1. The summed E-state index contributed by atoms with van der Waals surface area (Å²) in [6.45, 7) is 5.00. The zero-order chi connectivity index (χ0) is 41.6. The molecule has 306 valence electrons. The number of aromatic nitrogens is 1. The van der Waals surface area contributed by atoms with Crippen molar-refractivity contribution < 1.29 is 38.6 Å². The van der Waals surface area contributed by atoms with Crippen molar-refractivity contribution in [3.05, 3.63) is 89.2 Å². The van der Waals surface area contributed by atoms with Crippen LogP contribution in [-0.4, -0.2) is 82.4 Å². The minimum Gasteiger partial charge on any atom is -0.391 e. The fourth-order valence-corrected chi connectivity index (χ4v) is 6.79. The van der Waals surface area contributed by atoms with Gasteiger partial charge in [-0.3, -0.25) is 33.8 Å². The second kappa shape index (κ2) is 21.8. The average molecular weight is 804 g/mol. The van der Waals surface area contributed by atoms with E-state index in [1.807, 2.05) is 12.1 Å². The summed E-state index contributed by atoms with van der Waals surface area (Å²) in [4.78, 5) is 84.4. The van der Waals surface area contributed by atoms with Crippen LogP contribution < -0.4 is 22.1 Å². The molecule has 57 heavy (non-hydrogen) atoms. The van der Waals surface area contributed by atoms with Gasteiger partial charge < -0.3 is 31.9 Å². The molecule has 0 radical (unpaired) electrons. The number of nitrogens with one attached hydrogen (secondary N) is 2. The Morgan fingerprint density at radius 2 is 1.42 bits per heavy atom. The Hall–Kier alpha value is -4.66. The maximum absolute atomic E-state index is 13.5. The highest BCUT2D eigenvalue weighted by Gasteiger charge is 2.48. The van der Waals surface area contributed by atoms with E-state index in [2.05, 4.69) is 15.6 Å². The largest absolute Gasteiger partial charge is 0.391 e. The van der Waals surface area contributed by atoms with Gasteiger partial charge in [-0.15, -0.1) is 0 Å². The zero-order valence-corrected chi connectivity index (χ0v) is 33.5. The van der Waals surface area contributed by atoms with Crippen LogP contribution in [0.15, 0.2) is 72.9 Å². The third kappa shape index (κ3) is 13.2. The highest BCUT2D eigenvalue weighted by atomic mass is 35.5. The van der Waals surface area contributed by atoms with Gasteiger partial charge in [0, 0.05) is 53.8 Å². The second-order valence-corrected chi connectivity index (χ2v) is 15.3. The first-order valence-electron chi connectivity index (χ1n) is 19.5. The molecule has 1 aliphatic rings. The van der Waals surface area contributed by atoms with Crippen LogP contribution in [-0.2, 0) is 28.7 Å². The molecule has 0 bridgehead atoms. The highest BCUT2D eigenvalue weighted by molar-refractivity contribution is 6.30. The summed E-state index contributed by atoms with van der Waals surface area (Å²) in [5, 5.41) is 16.5. The predicted octanol–water partition coefficient (Wildman–Crippen LogP) is 4.32. The number of hydrogen-bond acceptors (Lipinski definition) is 11. The first kappa shape index (κ1) is 45.0. The molecule has 0 saturated carbocycles. The number of pyridine rings is 1. The number of ketones is 4. The van der Waals surface area contributed by atoms with Gasteiger partial charge in [-0.25, -0.2) is 0 Å². The number of epoxide rings is 1. The van der Waals surface area contributed by atoms with E-state index in [4.69, 9.17) is 27.8 Å². The topological polar surface area (TPSA) is 224 Å². The number of aliphatic hydroxyl groups is 1. The third-order valence-electron chi connectivity index (χ3n) is 10.2. The minimum atomic E-state index is -1.37. The summed E-state index contributed by atoms with van der Waals surface area (Å²) >= 11 is 5.99. The molecule has 0 spiro atoms. The second-order valence-electron chi connectivity index (χ2n) is 14.8. The van der Waals surface area contributed by atoms with Crippen molar-refractivity contribution in [3.63, 3.8) is 0 Å². The van der Waals surface area contributed by atoms with Gasteiger partial charge in [-0.05, 0) is 81.1 Å². The lowest BCUT2D eigenvalue weighted by Gasteiger charge is -2.25. The van der Waals surface area contributed by atoms with Gasteiger partial charge in [0.15, 0.2) is 23.1 Å². The molecule has 4 rings (SSSR count). The van der Waals surface area contributed by atoms with Crippen LogP contribution in [0.2, 0.25) is 5.02 Å². The SMILES string of the molecule is C[C@H](CC(=O)[C@@H](NC(=O)[C@H](CCN)CC(=O)c1ccc(-c2ccc(Cl)cc2)cc1)[C@@H](C)O)C(=O)N[C@@H](CCCCN)C(=O)C[C@@H](C)C(=O)C1OC1c1ccccn1. The molecule has 2 amide bonds. The molecule has 2 aromatic carbocycles. The summed E-state index contributed by atoms with van der Waals surface area (Å²) in [5.41, 5.74) is 14.3. The number of hydrogen-bond donors (Lipinski definition) is 5. The normalized spacial score (nSPS) is 17.9. The van der Waals surface area contributed by atoms with Crippen molar-refractivity contribution in [1.82, 2.24) is 15.6 Å². The molecule has 2 unspecified atom stereocenters. The van der Waals surface area contributed by atoms with Crippen LogP contribution in [0.25, 0.3) is 11.1 Å². The van der Waals surface area contributed by atoms with Gasteiger partial charge >= 0.3 is 0 Å². The van der Waals surface area contributed by atoms with Gasteiger partial charge in [0.05, 0.1) is 17.8 Å². The fraction of sp³-hybridized carbons (Fsp3) is 0.465. The number of Topliss-reactive ketones (excluding diaryl/α,β-unsaturated/α-hetero) is 4. The Bertz CT molecular complexity index is 1840. The van der Waals surface area contributed by atoms with Crippen LogP contribution in [0.3, 0.4) is 0 Å². The van der Waals surface area contributed by atoms with Gasteiger partial charge in [0.2, 0.25) is 11.8 Å². The van der Waals surface area contributed by atoms with Crippen molar-refractivity contribution in [2.45, 2.75) is 96.1 Å². The minimum absolute atomic E-state index is 0.101. The number of carbonyl (C=O) groups is 6. The van der Waals surface area contributed by atoms with Crippen molar-refractivity contribution >= 4 is 46.5 Å². The zero-order valence-electron chi connectivity index (χ0n) is 32.7. The lowest BCUT2D eigenvalue weighted by molar-refractivity contribution is -0.135. The average Bonchev–Trinajstić information content (AvgIpc) is 4.00. The maximum Gasteiger partial charge on any atom is 0.224 e. The Morgan fingerprint density at radius 3 is 2.02 bits per heavy atom. The highest BCUT2D eigenvalue weighted by Crippen LogP contribution is 2.40. The van der Waals surface area contributed by atoms with E-state index >= 15 is 0 Å². The molecular formula is C43H54ClN5O8. The fourth-order valence-electron chi connectivity index (χ4n) is 6.67. The third-order valence-corrected chi connectivity index (χ3v) is 10.4. The van der Waals surface area contributed by atoms with E-state index in [1.165, 1.54) is 13.8 Å². The first-order valence-corrected chi connectivity index (χ1v) is 19.8. The summed E-state index contributed by atoms with van der Waals surface area (Å²) < 4.78 is 5.57. The molecular weight excluding hydrogens is 750 g/mol. The van der Waals surface area contributed by atoms with Crippen molar-refractivity contribution in [2.24, 2.45) is 29.2 Å². The van der Waals surface area contributed by atoms with E-state index in [-0.39, 0.29) is 49.6 Å². The predicted molar refractivity (Wildman–Crippen MR) is 216 cm³/mol. The standard InChI is InChI=1S/C43H54ClN5O8/c1-25(39(54)41-40(57-41)34-9-5-7-21-47-34)22-36(52)33(8-4-6-19-45)48-42(55)26(2)23-37(53)38(27(3)50)49-43(56)31(18-20-46)24-35(51)30-12-10-28(11-13-30)29-14-16-32(44)17-15-29/h5,7,9-17,21,25-27,31,33,38,40-41,50H,4,6,8,18-20,22-24,45-46H2,1-3H3,(H,48,55)(H,49,56)/t25-,26-,27-,31-,33+,38+,40?,41?/m1/s1. The van der Waals surface area contributed by atoms with E-state index in [0.29, 0.717) is 42.1 Å². The van der Waals surface area contributed by atoms with Crippen molar-refractivity contribution in [2.75, 3.05) is 13.1 Å². The first-order chi connectivity index (χ1) is 27.2. The lowest BCUT2D eigenvalue weighted by atomic mass is 9.91. The number of halogens is 1. The molecule has 0 aliphatic carbocycles. The molecule has 1 saturated heterocycles. The van der Waals surface area contributed by atoms with E-state index in [9.17, 15) is 33.9 Å². The number of amides is 2. The number of carbonyl (C=O) groups excluding carboxylic acids is 6. The molecule has 2 heterocycles. The molecule has 1 aromatic heterocycles. The Morgan fingerprint density at radius 1 is 0.772 bits per heavy atom. The molecule has 14 heteroatoms. The van der Waals surface area contributed by atoms with Crippen LogP contribution in [0.4, 0.5) is 0 Å². The monoisotopic (exact) mass is 803 g/mol. The molecule has 3 aromatic rings. The number of ether oxygens (including phenoxy) is 1. The molecule has 7 N–H and O–H groups in total. The Labute approximate surface area is 338 Å². The number of unbranched alkanes of at least 4 members (excludes halogenated alkanes) is 1. The Kier molecular flexibility index (Phi) is 17.2. The molecule has 1 aliphatic heterocycles. The molecule has 8 atom stereocenters. The van der Waals surface area contributed by atoms with E-state index in [0.717, 1.165) is 11.1 Å². The van der Waals surface area contributed by atoms with Crippen LogP contribution >= 0.6 is 11.6 Å². The van der Waals surface area contributed by atoms with Gasteiger partial charge in [0.25, 0.3) is 0 Å². The summed E-state index contributed by atoms with van der Waals surface area (Å²) in [5.74, 6) is -5.13. The van der Waals surface area contributed by atoms with Crippen molar-refractivity contribution in [1.29, 1.82) is 0 Å². The summed E-state index contributed by atoms with van der Waals surface area (Å²) in [6.07, 6.45) is 0.123. The van der Waals surface area contributed by atoms with Gasteiger partial charge in [0.1, 0.15) is 18.2 Å². The molecule has 13 nitrogen and oxygen atoms in total. The smallest absolute Gasteiger partial charge is 0.224 e. The number of benzene rings is 2. The molecule has 1 fully saturated rings. The quantitative estimate of drug-likeness (QED) is 0.0487. The van der Waals surface area contributed by atoms with Gasteiger partial charge in [-0.2, -0.15) is 0 Å². The van der Waals surface area contributed by atoms with Crippen LogP contribution in [0.5, 0.6) is 0 Å². The lowest BCUT2D eigenvalue weighted by Crippen LogP contribution is -2.51. The van der Waals surface area contributed by atoms with Gasteiger partial charge in [-0.1, -0.05) is 67.9 Å². The number of rotatable bonds is 24. The van der Waals surface area contributed by atoms with E-state index in [1.54, 1.807) is 67.7 Å². The number of nitrogens with two attached hydrogens (primary N) is 2. The van der Waals surface area contributed by atoms with Crippen molar-refractivity contribution in [3.8, 4) is 11.1 Å².